The SMILES string of the molecule is COc1cc(N)ccc1-c1cnc[nH]1. The summed E-state index contributed by atoms with van der Waals surface area (Å²) in [5, 5.41) is 0. The highest BCUT2D eigenvalue weighted by molar-refractivity contribution is 5.69. The van der Waals surface area contributed by atoms with Crippen molar-refractivity contribution in [3.63, 3.8) is 0 Å². The number of aromatic nitrogens is 2. The predicted octanol–water partition coefficient (Wildman–Crippen LogP) is 1.67. The average molecular weight is 189 g/mol. The molecule has 1 aromatic carbocycles. The van der Waals surface area contributed by atoms with E-state index in [-0.39, 0.29) is 0 Å². The van der Waals surface area contributed by atoms with Gasteiger partial charge in [-0.1, -0.05) is 0 Å². The van der Waals surface area contributed by atoms with Crippen LogP contribution in [-0.2, 0) is 0 Å². The van der Waals surface area contributed by atoms with Crippen LogP contribution in [0, 0.1) is 0 Å². The Morgan fingerprint density at radius 1 is 1.43 bits per heavy atom. The van der Waals surface area contributed by atoms with Gasteiger partial charge in [-0.05, 0) is 12.1 Å². The van der Waals surface area contributed by atoms with Gasteiger partial charge in [0.05, 0.1) is 25.3 Å². The second-order valence-electron chi connectivity index (χ2n) is 2.93. The summed E-state index contributed by atoms with van der Waals surface area (Å²) < 4.78 is 5.22. The van der Waals surface area contributed by atoms with E-state index in [9.17, 15) is 0 Å². The van der Waals surface area contributed by atoms with E-state index >= 15 is 0 Å². The highest BCUT2D eigenvalue weighted by Crippen LogP contribution is 2.29. The van der Waals surface area contributed by atoms with Crippen molar-refractivity contribution in [1.29, 1.82) is 0 Å². The Kier molecular flexibility index (Phi) is 2.10. The number of H-pyrrole nitrogens is 1. The Hall–Kier alpha value is -1.97. The van der Waals surface area contributed by atoms with E-state index in [1.165, 1.54) is 0 Å². The molecule has 0 aliphatic carbocycles. The summed E-state index contributed by atoms with van der Waals surface area (Å²) in [4.78, 5) is 6.97. The Morgan fingerprint density at radius 3 is 2.93 bits per heavy atom. The fourth-order valence-corrected chi connectivity index (χ4v) is 1.33. The van der Waals surface area contributed by atoms with Crippen molar-refractivity contribution < 1.29 is 4.74 Å². The number of nitrogens with two attached hydrogens (primary N) is 1. The van der Waals surface area contributed by atoms with Crippen LogP contribution in [0.15, 0.2) is 30.7 Å². The molecule has 0 amide bonds. The highest BCUT2D eigenvalue weighted by Gasteiger charge is 2.06. The molecule has 0 unspecified atom stereocenters. The van der Waals surface area contributed by atoms with Gasteiger partial charge in [-0.15, -0.1) is 0 Å². The first kappa shape index (κ1) is 8.62. The summed E-state index contributed by atoms with van der Waals surface area (Å²) in [5.74, 6) is 0.745. The van der Waals surface area contributed by atoms with Gasteiger partial charge in [0.1, 0.15) is 5.75 Å². The fraction of sp³-hybridized carbons (Fsp3) is 0.100. The predicted molar refractivity (Wildman–Crippen MR) is 55.0 cm³/mol. The minimum Gasteiger partial charge on any atom is -0.496 e. The van der Waals surface area contributed by atoms with Crippen molar-refractivity contribution in [2.45, 2.75) is 0 Å². The average Bonchev–Trinajstić information content (AvgIpc) is 2.70. The molecule has 2 rings (SSSR count). The second kappa shape index (κ2) is 3.41. The smallest absolute Gasteiger partial charge is 0.130 e. The van der Waals surface area contributed by atoms with Crippen molar-refractivity contribution >= 4 is 5.69 Å². The molecule has 0 atom stereocenters. The van der Waals surface area contributed by atoms with Gasteiger partial charge < -0.3 is 15.5 Å². The van der Waals surface area contributed by atoms with Crippen LogP contribution in [-0.4, -0.2) is 17.1 Å². The number of hydrogen-bond acceptors (Lipinski definition) is 3. The van der Waals surface area contributed by atoms with E-state index < -0.39 is 0 Å². The van der Waals surface area contributed by atoms with Gasteiger partial charge in [-0.25, -0.2) is 4.98 Å². The molecule has 0 spiro atoms. The van der Waals surface area contributed by atoms with Gasteiger partial charge in [-0.3, -0.25) is 0 Å². The van der Waals surface area contributed by atoms with Crippen LogP contribution >= 0.6 is 0 Å². The Morgan fingerprint density at radius 2 is 2.29 bits per heavy atom. The minimum absolute atomic E-state index is 0.685. The summed E-state index contributed by atoms with van der Waals surface area (Å²) in [7, 11) is 1.62. The Labute approximate surface area is 81.7 Å². The molecular weight excluding hydrogens is 178 g/mol. The van der Waals surface area contributed by atoms with Gasteiger partial charge in [-0.2, -0.15) is 0 Å². The number of ether oxygens (including phenoxy) is 1. The maximum atomic E-state index is 5.65. The minimum atomic E-state index is 0.685. The number of imidazole rings is 1. The zero-order valence-electron chi connectivity index (χ0n) is 7.82. The second-order valence-corrected chi connectivity index (χ2v) is 2.93. The van der Waals surface area contributed by atoms with Crippen LogP contribution < -0.4 is 10.5 Å². The van der Waals surface area contributed by atoms with Gasteiger partial charge in [0, 0.05) is 17.3 Å². The summed E-state index contributed by atoms with van der Waals surface area (Å²) in [5.41, 5.74) is 8.21. The summed E-state index contributed by atoms with van der Waals surface area (Å²) in [6, 6.07) is 5.52. The zero-order valence-corrected chi connectivity index (χ0v) is 7.82. The highest BCUT2D eigenvalue weighted by atomic mass is 16.5. The number of nitrogens with zero attached hydrogens (tertiary/aromatic N) is 1. The standard InChI is InChI=1S/C10H11N3O/c1-14-10-4-7(11)2-3-8(10)9-5-12-6-13-9/h2-6H,11H2,1H3,(H,12,13). The van der Waals surface area contributed by atoms with Crippen molar-refractivity contribution in [3.05, 3.63) is 30.7 Å². The van der Waals surface area contributed by atoms with E-state index in [1.54, 1.807) is 25.7 Å². The Balaban J connectivity index is 2.53. The molecule has 4 nitrogen and oxygen atoms in total. The van der Waals surface area contributed by atoms with Crippen LogP contribution in [0.3, 0.4) is 0 Å². The topological polar surface area (TPSA) is 63.9 Å². The van der Waals surface area contributed by atoms with Gasteiger partial charge in [0.25, 0.3) is 0 Å². The van der Waals surface area contributed by atoms with Crippen LogP contribution in [0.1, 0.15) is 0 Å². The summed E-state index contributed by atoms with van der Waals surface area (Å²) >= 11 is 0. The van der Waals surface area contributed by atoms with Crippen molar-refractivity contribution in [3.8, 4) is 17.0 Å². The molecule has 1 heterocycles. The van der Waals surface area contributed by atoms with E-state index in [2.05, 4.69) is 9.97 Å². The molecule has 0 aliphatic rings. The molecule has 0 aliphatic heterocycles. The number of nitrogen functional groups attached to an aromatic ring is 1. The van der Waals surface area contributed by atoms with E-state index in [4.69, 9.17) is 10.5 Å². The van der Waals surface area contributed by atoms with Crippen molar-refractivity contribution in [2.75, 3.05) is 12.8 Å². The number of methoxy groups -OCH3 is 1. The van der Waals surface area contributed by atoms with Gasteiger partial charge in [0.2, 0.25) is 0 Å². The largest absolute Gasteiger partial charge is 0.496 e. The summed E-state index contributed by atoms with van der Waals surface area (Å²) in [6.07, 6.45) is 3.37. The first-order valence-corrected chi connectivity index (χ1v) is 4.23. The molecule has 2 aromatic rings. The van der Waals surface area contributed by atoms with Crippen molar-refractivity contribution in [1.82, 2.24) is 9.97 Å². The van der Waals surface area contributed by atoms with E-state index in [1.807, 2.05) is 12.1 Å². The normalized spacial score (nSPS) is 10.1. The van der Waals surface area contributed by atoms with Crippen molar-refractivity contribution in [2.24, 2.45) is 0 Å². The van der Waals surface area contributed by atoms with Crippen LogP contribution in [0.4, 0.5) is 5.69 Å². The molecule has 0 bridgehead atoms. The molecule has 3 N–H and O–H groups in total. The molecule has 72 valence electrons. The molecule has 0 fully saturated rings. The molecule has 4 heteroatoms. The third kappa shape index (κ3) is 1.42. The molecular formula is C10H11N3O. The van der Waals surface area contributed by atoms with Gasteiger partial charge >= 0.3 is 0 Å². The monoisotopic (exact) mass is 189 g/mol. The van der Waals surface area contributed by atoms with Crippen LogP contribution in [0.2, 0.25) is 0 Å². The molecule has 1 aromatic heterocycles. The number of hydrogen-bond donors (Lipinski definition) is 2. The number of nitrogens with one attached hydrogen (secondary N) is 1. The quantitative estimate of drug-likeness (QED) is 0.706. The molecule has 0 saturated heterocycles. The number of aromatic amines is 1. The lowest BCUT2D eigenvalue weighted by Crippen LogP contribution is -1.91. The Bertz CT molecular complexity index is 423. The fourth-order valence-electron chi connectivity index (χ4n) is 1.33. The molecule has 14 heavy (non-hydrogen) atoms. The molecule has 0 saturated carbocycles. The zero-order chi connectivity index (χ0) is 9.97. The van der Waals surface area contributed by atoms with Gasteiger partial charge in [0.15, 0.2) is 0 Å². The first-order chi connectivity index (χ1) is 6.81. The third-order valence-electron chi connectivity index (χ3n) is 2.01. The lowest BCUT2D eigenvalue weighted by atomic mass is 10.1. The number of rotatable bonds is 2. The lowest BCUT2D eigenvalue weighted by molar-refractivity contribution is 0.416. The maximum Gasteiger partial charge on any atom is 0.130 e. The van der Waals surface area contributed by atoms with Crippen LogP contribution in [0.25, 0.3) is 11.3 Å². The number of anilines is 1. The molecule has 0 radical (unpaired) electrons. The number of benzene rings is 1. The first-order valence-electron chi connectivity index (χ1n) is 4.23. The third-order valence-corrected chi connectivity index (χ3v) is 2.01. The summed E-state index contributed by atoms with van der Waals surface area (Å²) in [6.45, 7) is 0. The van der Waals surface area contributed by atoms with E-state index in [0.717, 1.165) is 17.0 Å². The lowest BCUT2D eigenvalue weighted by Gasteiger charge is -2.06. The maximum absolute atomic E-state index is 5.65. The van der Waals surface area contributed by atoms with Crippen LogP contribution in [0.5, 0.6) is 5.75 Å². The van der Waals surface area contributed by atoms with E-state index in [0.29, 0.717) is 5.69 Å².